The van der Waals surface area contributed by atoms with Crippen molar-refractivity contribution in [2.45, 2.75) is 19.8 Å². The number of rotatable bonds is 5. The standard InChI is InChI=1S/C12H23NO3/c1-4-13-7-5-10(6-8-13)11(9-15-2)12(14)16-3/h10-11H,4-9H2,1-3H3. The first-order valence-electron chi connectivity index (χ1n) is 6.02. The van der Waals surface area contributed by atoms with Gasteiger partial charge in [-0.15, -0.1) is 0 Å². The second-order valence-electron chi connectivity index (χ2n) is 4.36. The quantitative estimate of drug-likeness (QED) is 0.663. The summed E-state index contributed by atoms with van der Waals surface area (Å²) in [6, 6.07) is 0. The van der Waals surface area contributed by atoms with Gasteiger partial charge in [-0.3, -0.25) is 4.79 Å². The first kappa shape index (κ1) is 13.5. The Balaban J connectivity index is 2.49. The van der Waals surface area contributed by atoms with Crippen LogP contribution in [0.5, 0.6) is 0 Å². The second-order valence-corrected chi connectivity index (χ2v) is 4.36. The van der Waals surface area contributed by atoms with E-state index in [2.05, 4.69) is 11.8 Å². The molecule has 0 aromatic carbocycles. The highest BCUT2D eigenvalue weighted by Crippen LogP contribution is 2.26. The molecule has 1 saturated heterocycles. The fourth-order valence-electron chi connectivity index (χ4n) is 2.40. The number of esters is 1. The normalized spacial score (nSPS) is 20.7. The molecule has 4 heteroatoms. The first-order chi connectivity index (χ1) is 7.72. The molecule has 0 N–H and O–H groups in total. The maximum absolute atomic E-state index is 11.6. The predicted molar refractivity (Wildman–Crippen MR) is 62.2 cm³/mol. The van der Waals surface area contributed by atoms with Crippen LogP contribution in [0.1, 0.15) is 19.8 Å². The molecule has 0 aromatic rings. The smallest absolute Gasteiger partial charge is 0.311 e. The lowest BCUT2D eigenvalue weighted by atomic mass is 9.84. The van der Waals surface area contributed by atoms with Crippen molar-refractivity contribution >= 4 is 5.97 Å². The molecule has 0 spiro atoms. The van der Waals surface area contributed by atoms with Gasteiger partial charge in [0.05, 0.1) is 19.6 Å². The molecule has 4 nitrogen and oxygen atoms in total. The van der Waals surface area contributed by atoms with Gasteiger partial charge in [0.1, 0.15) is 0 Å². The summed E-state index contributed by atoms with van der Waals surface area (Å²) in [4.78, 5) is 14.1. The van der Waals surface area contributed by atoms with E-state index in [-0.39, 0.29) is 11.9 Å². The SMILES string of the molecule is CCN1CCC(C(COC)C(=O)OC)CC1. The van der Waals surface area contributed by atoms with Crippen LogP contribution in [-0.2, 0) is 14.3 Å². The van der Waals surface area contributed by atoms with E-state index in [1.54, 1.807) is 7.11 Å². The molecular formula is C12H23NO3. The predicted octanol–water partition coefficient (Wildman–Crippen LogP) is 1.15. The van der Waals surface area contributed by atoms with Crippen LogP contribution in [-0.4, -0.2) is 51.3 Å². The van der Waals surface area contributed by atoms with E-state index in [9.17, 15) is 4.79 Å². The average Bonchev–Trinajstić information content (AvgIpc) is 2.35. The van der Waals surface area contributed by atoms with Gasteiger partial charge in [0, 0.05) is 7.11 Å². The minimum Gasteiger partial charge on any atom is -0.469 e. The molecular weight excluding hydrogens is 206 g/mol. The summed E-state index contributed by atoms with van der Waals surface area (Å²) in [6.45, 7) is 5.91. The van der Waals surface area contributed by atoms with Gasteiger partial charge in [-0.05, 0) is 38.4 Å². The summed E-state index contributed by atoms with van der Waals surface area (Å²) in [5, 5.41) is 0. The van der Waals surface area contributed by atoms with E-state index in [4.69, 9.17) is 9.47 Å². The average molecular weight is 229 g/mol. The third-order valence-corrected chi connectivity index (χ3v) is 3.50. The Morgan fingerprint density at radius 2 is 2.00 bits per heavy atom. The summed E-state index contributed by atoms with van der Waals surface area (Å²) in [5.41, 5.74) is 0. The molecule has 1 aliphatic heterocycles. The van der Waals surface area contributed by atoms with E-state index in [0.717, 1.165) is 32.5 Å². The number of hydrogen-bond donors (Lipinski definition) is 0. The Hall–Kier alpha value is -0.610. The number of carbonyl (C=O) groups excluding carboxylic acids is 1. The highest BCUT2D eigenvalue weighted by atomic mass is 16.5. The molecule has 1 unspecified atom stereocenters. The van der Waals surface area contributed by atoms with Crippen LogP contribution in [0.4, 0.5) is 0 Å². The van der Waals surface area contributed by atoms with Gasteiger partial charge in [0.25, 0.3) is 0 Å². The van der Waals surface area contributed by atoms with Crippen molar-refractivity contribution in [3.8, 4) is 0 Å². The van der Waals surface area contributed by atoms with Crippen molar-refractivity contribution in [1.82, 2.24) is 4.90 Å². The molecule has 16 heavy (non-hydrogen) atoms. The van der Waals surface area contributed by atoms with E-state index in [1.807, 2.05) is 0 Å². The number of nitrogens with zero attached hydrogens (tertiary/aromatic N) is 1. The fourth-order valence-corrected chi connectivity index (χ4v) is 2.40. The summed E-state index contributed by atoms with van der Waals surface area (Å²) < 4.78 is 9.96. The van der Waals surface area contributed by atoms with Crippen LogP contribution < -0.4 is 0 Å². The Bertz CT molecular complexity index is 212. The molecule has 1 rings (SSSR count). The van der Waals surface area contributed by atoms with Crippen LogP contribution in [0.2, 0.25) is 0 Å². The monoisotopic (exact) mass is 229 g/mol. The molecule has 0 aromatic heterocycles. The van der Waals surface area contributed by atoms with Crippen LogP contribution in [0, 0.1) is 11.8 Å². The van der Waals surface area contributed by atoms with Crippen LogP contribution in [0.25, 0.3) is 0 Å². The molecule has 1 atom stereocenters. The van der Waals surface area contributed by atoms with Crippen LogP contribution in [0.15, 0.2) is 0 Å². The Morgan fingerprint density at radius 1 is 1.38 bits per heavy atom. The first-order valence-corrected chi connectivity index (χ1v) is 6.02. The van der Waals surface area contributed by atoms with Crippen molar-refractivity contribution in [3.63, 3.8) is 0 Å². The second kappa shape index (κ2) is 6.86. The molecule has 0 amide bonds. The van der Waals surface area contributed by atoms with Crippen molar-refractivity contribution in [1.29, 1.82) is 0 Å². The summed E-state index contributed by atoms with van der Waals surface area (Å²) in [7, 11) is 3.09. The molecule has 1 aliphatic rings. The zero-order valence-electron chi connectivity index (χ0n) is 10.6. The van der Waals surface area contributed by atoms with Gasteiger partial charge in [-0.2, -0.15) is 0 Å². The number of carbonyl (C=O) groups is 1. The number of piperidine rings is 1. The summed E-state index contributed by atoms with van der Waals surface area (Å²) in [6.07, 6.45) is 2.13. The van der Waals surface area contributed by atoms with Crippen molar-refractivity contribution < 1.29 is 14.3 Å². The number of ether oxygens (including phenoxy) is 2. The number of hydrogen-bond acceptors (Lipinski definition) is 4. The lowest BCUT2D eigenvalue weighted by Crippen LogP contribution is -2.39. The number of methoxy groups -OCH3 is 2. The molecule has 1 heterocycles. The summed E-state index contributed by atoms with van der Waals surface area (Å²) >= 11 is 0. The largest absolute Gasteiger partial charge is 0.469 e. The molecule has 0 aliphatic carbocycles. The van der Waals surface area contributed by atoms with E-state index >= 15 is 0 Å². The third kappa shape index (κ3) is 3.46. The lowest BCUT2D eigenvalue weighted by molar-refractivity contribution is -0.150. The van der Waals surface area contributed by atoms with E-state index in [0.29, 0.717) is 12.5 Å². The maximum Gasteiger partial charge on any atom is 0.311 e. The minimum atomic E-state index is -0.128. The minimum absolute atomic E-state index is 0.0889. The van der Waals surface area contributed by atoms with Crippen LogP contribution in [0.3, 0.4) is 0 Å². The highest BCUT2D eigenvalue weighted by molar-refractivity contribution is 5.72. The Labute approximate surface area is 97.9 Å². The van der Waals surface area contributed by atoms with Gasteiger partial charge < -0.3 is 14.4 Å². The van der Waals surface area contributed by atoms with Gasteiger partial charge in [-0.1, -0.05) is 6.92 Å². The Morgan fingerprint density at radius 3 is 2.44 bits per heavy atom. The maximum atomic E-state index is 11.6. The van der Waals surface area contributed by atoms with Gasteiger partial charge >= 0.3 is 5.97 Å². The van der Waals surface area contributed by atoms with Gasteiger partial charge in [-0.25, -0.2) is 0 Å². The molecule has 1 fully saturated rings. The van der Waals surface area contributed by atoms with Crippen LogP contribution >= 0.6 is 0 Å². The van der Waals surface area contributed by atoms with E-state index in [1.165, 1.54) is 7.11 Å². The zero-order chi connectivity index (χ0) is 12.0. The third-order valence-electron chi connectivity index (χ3n) is 3.50. The molecule has 0 saturated carbocycles. The number of likely N-dealkylation sites (tertiary alicyclic amines) is 1. The molecule has 0 bridgehead atoms. The molecule has 94 valence electrons. The topological polar surface area (TPSA) is 38.8 Å². The van der Waals surface area contributed by atoms with Crippen molar-refractivity contribution in [2.24, 2.45) is 11.8 Å². The zero-order valence-corrected chi connectivity index (χ0v) is 10.6. The highest BCUT2D eigenvalue weighted by Gasteiger charge is 2.31. The summed E-state index contributed by atoms with van der Waals surface area (Å²) in [5.74, 6) is 0.195. The van der Waals surface area contributed by atoms with Crippen molar-refractivity contribution in [3.05, 3.63) is 0 Å². The van der Waals surface area contributed by atoms with E-state index < -0.39 is 0 Å². The lowest BCUT2D eigenvalue weighted by Gasteiger charge is -2.34. The Kier molecular flexibility index (Phi) is 5.77. The van der Waals surface area contributed by atoms with Crippen molar-refractivity contribution in [2.75, 3.05) is 40.5 Å². The van der Waals surface area contributed by atoms with Gasteiger partial charge in [0.15, 0.2) is 0 Å². The molecule has 0 radical (unpaired) electrons. The van der Waals surface area contributed by atoms with Gasteiger partial charge in [0.2, 0.25) is 0 Å². The fraction of sp³-hybridized carbons (Fsp3) is 0.917.